The average Bonchev–Trinajstić information content (AvgIpc) is 2.78. The summed E-state index contributed by atoms with van der Waals surface area (Å²) in [4.78, 5) is 15.1. The molecule has 8 nitrogen and oxygen atoms in total. The van der Waals surface area contributed by atoms with Gasteiger partial charge in [-0.15, -0.1) is 0 Å². The minimum Gasteiger partial charge on any atom is -0.493 e. The van der Waals surface area contributed by atoms with E-state index in [4.69, 9.17) is 21.1 Å². The Morgan fingerprint density at radius 2 is 1.76 bits per heavy atom. The molecular formula is C23H30ClN3O5S. The number of anilines is 1. The van der Waals surface area contributed by atoms with E-state index in [9.17, 15) is 13.2 Å². The molecule has 0 bridgehead atoms. The van der Waals surface area contributed by atoms with Crippen LogP contribution < -0.4 is 14.8 Å². The zero-order valence-electron chi connectivity index (χ0n) is 19.3. The molecule has 1 fully saturated rings. The lowest BCUT2D eigenvalue weighted by atomic mass is 10.1. The monoisotopic (exact) mass is 495 g/mol. The van der Waals surface area contributed by atoms with E-state index >= 15 is 0 Å². The number of halogens is 1. The molecule has 180 valence electrons. The molecule has 2 aromatic carbocycles. The van der Waals surface area contributed by atoms with Crippen LogP contribution in [0.25, 0.3) is 0 Å². The van der Waals surface area contributed by atoms with Crippen molar-refractivity contribution in [3.8, 4) is 11.5 Å². The van der Waals surface area contributed by atoms with Gasteiger partial charge in [-0.1, -0.05) is 25.4 Å². The standard InChI is InChI=1S/C23H30ClN3O5S/c1-16(2)15-32-22-20(24)13-17(14-21(22)31-4)23(28)25-18-5-7-19(8-6-18)33(29,30)27-11-9-26(3)10-12-27/h5-8,13-14,16H,9-12,15H2,1-4H3,(H,25,28). The molecule has 1 aliphatic rings. The number of carbonyl (C=O) groups is 1. The Labute approximate surface area is 200 Å². The lowest BCUT2D eigenvalue weighted by Crippen LogP contribution is -2.46. The van der Waals surface area contributed by atoms with Gasteiger partial charge < -0.3 is 19.7 Å². The van der Waals surface area contributed by atoms with Crippen LogP contribution in [0.3, 0.4) is 0 Å². The summed E-state index contributed by atoms with van der Waals surface area (Å²) in [6.07, 6.45) is 0. The quantitative estimate of drug-likeness (QED) is 0.602. The summed E-state index contributed by atoms with van der Waals surface area (Å²) in [5.41, 5.74) is 0.760. The largest absolute Gasteiger partial charge is 0.493 e. The van der Waals surface area contributed by atoms with Crippen molar-refractivity contribution in [1.82, 2.24) is 9.21 Å². The molecule has 1 amide bonds. The fourth-order valence-electron chi connectivity index (χ4n) is 3.33. The Morgan fingerprint density at radius 1 is 1.12 bits per heavy atom. The Kier molecular flexibility index (Phi) is 8.23. The molecule has 0 saturated carbocycles. The Balaban J connectivity index is 1.72. The predicted molar refractivity (Wildman–Crippen MR) is 129 cm³/mol. The van der Waals surface area contributed by atoms with Gasteiger partial charge in [-0.25, -0.2) is 8.42 Å². The second kappa shape index (κ2) is 10.7. The van der Waals surface area contributed by atoms with E-state index in [0.717, 1.165) is 0 Å². The minimum atomic E-state index is -3.57. The van der Waals surface area contributed by atoms with Crippen molar-refractivity contribution < 1.29 is 22.7 Å². The third-order valence-corrected chi connectivity index (χ3v) is 7.46. The molecule has 10 heteroatoms. The van der Waals surface area contributed by atoms with Gasteiger partial charge in [0, 0.05) is 37.4 Å². The first-order valence-corrected chi connectivity index (χ1v) is 12.5. The second-order valence-electron chi connectivity index (χ2n) is 8.38. The first-order chi connectivity index (χ1) is 15.6. The van der Waals surface area contributed by atoms with Gasteiger partial charge in [0.15, 0.2) is 11.5 Å². The summed E-state index contributed by atoms with van der Waals surface area (Å²) in [6, 6.07) is 9.21. The highest BCUT2D eigenvalue weighted by molar-refractivity contribution is 7.89. The number of hydrogen-bond donors (Lipinski definition) is 1. The third-order valence-electron chi connectivity index (χ3n) is 5.26. The molecule has 1 aliphatic heterocycles. The number of amides is 1. The van der Waals surface area contributed by atoms with Crippen LogP contribution in [-0.2, 0) is 10.0 Å². The van der Waals surface area contributed by atoms with Gasteiger partial charge in [-0.2, -0.15) is 4.31 Å². The Morgan fingerprint density at radius 3 is 2.33 bits per heavy atom. The molecule has 1 saturated heterocycles. The van der Waals surface area contributed by atoms with Gasteiger partial charge in [-0.3, -0.25) is 4.79 Å². The van der Waals surface area contributed by atoms with Gasteiger partial charge >= 0.3 is 0 Å². The minimum absolute atomic E-state index is 0.196. The molecule has 3 rings (SSSR count). The van der Waals surface area contributed by atoms with E-state index in [1.165, 1.54) is 29.6 Å². The van der Waals surface area contributed by atoms with Gasteiger partial charge in [0.05, 0.1) is 23.6 Å². The summed E-state index contributed by atoms with van der Waals surface area (Å²) < 4.78 is 38.3. The Hall–Kier alpha value is -2.33. The smallest absolute Gasteiger partial charge is 0.255 e. The van der Waals surface area contributed by atoms with Crippen molar-refractivity contribution in [3.63, 3.8) is 0 Å². The van der Waals surface area contributed by atoms with Crippen LogP contribution in [0.2, 0.25) is 5.02 Å². The molecule has 33 heavy (non-hydrogen) atoms. The second-order valence-corrected chi connectivity index (χ2v) is 10.7. The predicted octanol–water partition coefficient (Wildman–Crippen LogP) is 3.57. The fourth-order valence-corrected chi connectivity index (χ4v) is 5.02. The van der Waals surface area contributed by atoms with E-state index in [2.05, 4.69) is 10.2 Å². The SMILES string of the molecule is COc1cc(C(=O)Nc2ccc(S(=O)(=O)N3CCN(C)CC3)cc2)cc(Cl)c1OCC(C)C. The number of rotatable bonds is 8. The molecule has 0 atom stereocenters. The summed E-state index contributed by atoms with van der Waals surface area (Å²) in [5, 5.41) is 3.03. The lowest BCUT2D eigenvalue weighted by Gasteiger charge is -2.31. The van der Waals surface area contributed by atoms with E-state index in [1.54, 1.807) is 18.2 Å². The molecular weight excluding hydrogens is 466 g/mol. The summed E-state index contributed by atoms with van der Waals surface area (Å²) in [7, 11) is -0.118. The van der Waals surface area contributed by atoms with Crippen LogP contribution in [0, 0.1) is 5.92 Å². The molecule has 2 aromatic rings. The van der Waals surface area contributed by atoms with Gasteiger partial charge in [-0.05, 0) is 49.4 Å². The molecule has 0 spiro atoms. The van der Waals surface area contributed by atoms with Crippen LogP contribution in [0.1, 0.15) is 24.2 Å². The van der Waals surface area contributed by atoms with Crippen molar-refractivity contribution in [1.29, 1.82) is 0 Å². The highest BCUT2D eigenvalue weighted by Crippen LogP contribution is 2.37. The maximum absolute atomic E-state index is 12.9. The van der Waals surface area contributed by atoms with Gasteiger partial charge in [0.25, 0.3) is 5.91 Å². The zero-order valence-corrected chi connectivity index (χ0v) is 20.9. The topological polar surface area (TPSA) is 88.2 Å². The molecule has 0 aromatic heterocycles. The maximum atomic E-state index is 12.9. The molecule has 0 unspecified atom stereocenters. The molecule has 1 heterocycles. The lowest BCUT2D eigenvalue weighted by molar-refractivity contribution is 0.102. The highest BCUT2D eigenvalue weighted by Gasteiger charge is 2.27. The molecule has 0 aliphatic carbocycles. The fraction of sp³-hybridized carbons (Fsp3) is 0.435. The maximum Gasteiger partial charge on any atom is 0.255 e. The molecule has 0 radical (unpaired) electrons. The number of ether oxygens (including phenoxy) is 2. The summed E-state index contributed by atoms with van der Waals surface area (Å²) in [6.45, 7) is 6.80. The van der Waals surface area contributed by atoms with Crippen LogP contribution in [-0.4, -0.2) is 70.5 Å². The van der Waals surface area contributed by atoms with Crippen molar-refractivity contribution in [2.45, 2.75) is 18.7 Å². The summed E-state index contributed by atoms with van der Waals surface area (Å²) in [5.74, 6) is 0.655. The van der Waals surface area contributed by atoms with Crippen molar-refractivity contribution in [3.05, 3.63) is 47.0 Å². The number of likely N-dealkylation sites (N-methyl/N-ethyl adjacent to an activating group) is 1. The normalized spacial score (nSPS) is 15.5. The number of hydrogen-bond acceptors (Lipinski definition) is 6. The number of nitrogens with one attached hydrogen (secondary N) is 1. The van der Waals surface area contributed by atoms with Gasteiger partial charge in [0.1, 0.15) is 0 Å². The zero-order chi connectivity index (χ0) is 24.2. The van der Waals surface area contributed by atoms with Crippen LogP contribution in [0.4, 0.5) is 5.69 Å². The average molecular weight is 496 g/mol. The molecule has 1 N–H and O–H groups in total. The number of nitrogens with zero attached hydrogens (tertiary/aromatic N) is 2. The number of carbonyl (C=O) groups excluding carboxylic acids is 1. The Bertz CT molecular complexity index is 1080. The van der Waals surface area contributed by atoms with Crippen molar-refractivity contribution in [2.24, 2.45) is 5.92 Å². The van der Waals surface area contributed by atoms with Crippen LogP contribution in [0.5, 0.6) is 11.5 Å². The highest BCUT2D eigenvalue weighted by atomic mass is 35.5. The van der Waals surface area contributed by atoms with E-state index < -0.39 is 15.9 Å². The van der Waals surface area contributed by atoms with E-state index in [1.807, 2.05) is 20.9 Å². The van der Waals surface area contributed by atoms with E-state index in [-0.39, 0.29) is 9.92 Å². The number of piperazine rings is 1. The third kappa shape index (κ3) is 6.17. The summed E-state index contributed by atoms with van der Waals surface area (Å²) >= 11 is 6.34. The number of benzene rings is 2. The van der Waals surface area contributed by atoms with Crippen LogP contribution >= 0.6 is 11.6 Å². The number of methoxy groups -OCH3 is 1. The van der Waals surface area contributed by atoms with E-state index in [0.29, 0.717) is 61.5 Å². The van der Waals surface area contributed by atoms with Crippen LogP contribution in [0.15, 0.2) is 41.3 Å². The first kappa shape index (κ1) is 25.3. The number of sulfonamides is 1. The van der Waals surface area contributed by atoms with Crippen molar-refractivity contribution >= 4 is 33.2 Å². The van der Waals surface area contributed by atoms with Gasteiger partial charge in [0.2, 0.25) is 10.0 Å². The first-order valence-electron chi connectivity index (χ1n) is 10.7. The van der Waals surface area contributed by atoms with Crippen molar-refractivity contribution in [2.75, 3.05) is 52.3 Å².